The maximum atomic E-state index is 10.7. The van der Waals surface area contributed by atoms with Gasteiger partial charge in [0.1, 0.15) is 5.82 Å². The predicted molar refractivity (Wildman–Crippen MR) is 60.8 cm³/mol. The van der Waals surface area contributed by atoms with Gasteiger partial charge in [0.15, 0.2) is 0 Å². The number of nitrogen functional groups attached to an aromatic ring is 1. The fourth-order valence-electron chi connectivity index (χ4n) is 1.71. The van der Waals surface area contributed by atoms with E-state index in [1.165, 1.54) is 4.90 Å². The molecule has 1 aromatic rings. The third-order valence-corrected chi connectivity index (χ3v) is 2.58. The molecule has 5 heteroatoms. The van der Waals surface area contributed by atoms with Gasteiger partial charge in [0.2, 0.25) is 0 Å². The third kappa shape index (κ3) is 2.13. The molecular formula is C11H13N3O2. The smallest absolute Gasteiger partial charge is 0.407 e. The summed E-state index contributed by atoms with van der Waals surface area (Å²) in [6.07, 6.45) is 1.69. The number of carboxylic acid groups (broad SMARTS) is 1. The van der Waals surface area contributed by atoms with Crippen molar-refractivity contribution in [3.05, 3.63) is 30.0 Å². The summed E-state index contributed by atoms with van der Waals surface area (Å²) in [5, 5.41) is 8.80. The maximum absolute atomic E-state index is 10.7. The number of nitrogens with two attached hydrogens (primary N) is 1. The molecular weight excluding hydrogens is 206 g/mol. The zero-order valence-electron chi connectivity index (χ0n) is 8.76. The van der Waals surface area contributed by atoms with Crippen molar-refractivity contribution < 1.29 is 9.90 Å². The standard InChI is InChI=1S/C11H13N3O2/c12-10-3-1-2-9(13-10)8-4-6-14(7-5-8)11(15)16/h1-4H,5-7H2,(H2,12,13)(H,15,16). The molecule has 1 aliphatic rings. The summed E-state index contributed by atoms with van der Waals surface area (Å²) < 4.78 is 0. The van der Waals surface area contributed by atoms with Gasteiger partial charge in [-0.3, -0.25) is 0 Å². The molecule has 0 saturated heterocycles. The number of anilines is 1. The van der Waals surface area contributed by atoms with E-state index < -0.39 is 6.09 Å². The molecule has 1 aromatic heterocycles. The summed E-state index contributed by atoms with van der Waals surface area (Å²) in [4.78, 5) is 16.3. The molecule has 0 saturated carbocycles. The number of hydrogen-bond acceptors (Lipinski definition) is 3. The van der Waals surface area contributed by atoms with Crippen LogP contribution in [0.1, 0.15) is 12.1 Å². The Kier molecular flexibility index (Phi) is 2.76. The van der Waals surface area contributed by atoms with Crippen molar-refractivity contribution in [3.8, 4) is 0 Å². The lowest BCUT2D eigenvalue weighted by molar-refractivity contribution is 0.150. The van der Waals surface area contributed by atoms with Crippen LogP contribution >= 0.6 is 0 Å². The molecule has 1 amide bonds. The Morgan fingerprint density at radius 1 is 1.50 bits per heavy atom. The summed E-state index contributed by atoms with van der Waals surface area (Å²) >= 11 is 0. The van der Waals surface area contributed by atoms with Crippen LogP contribution in [0.4, 0.5) is 10.6 Å². The Labute approximate surface area is 93.2 Å². The average molecular weight is 219 g/mol. The van der Waals surface area contributed by atoms with E-state index in [1.54, 1.807) is 6.07 Å². The zero-order valence-corrected chi connectivity index (χ0v) is 8.76. The summed E-state index contributed by atoms with van der Waals surface area (Å²) in [6.45, 7) is 0.929. The molecule has 0 unspecified atom stereocenters. The molecule has 84 valence electrons. The molecule has 0 bridgehead atoms. The highest BCUT2D eigenvalue weighted by molar-refractivity contribution is 5.70. The Balaban J connectivity index is 2.16. The fraction of sp³-hybridized carbons (Fsp3) is 0.273. The second kappa shape index (κ2) is 4.22. The first kappa shape index (κ1) is 10.5. The van der Waals surface area contributed by atoms with Gasteiger partial charge in [-0.25, -0.2) is 9.78 Å². The molecule has 2 heterocycles. The molecule has 0 fully saturated rings. The monoisotopic (exact) mass is 219 g/mol. The minimum absolute atomic E-state index is 0.418. The van der Waals surface area contributed by atoms with Gasteiger partial charge in [0.25, 0.3) is 0 Å². The minimum Gasteiger partial charge on any atom is -0.465 e. The van der Waals surface area contributed by atoms with E-state index in [1.807, 2.05) is 18.2 Å². The van der Waals surface area contributed by atoms with Gasteiger partial charge in [0.05, 0.1) is 5.69 Å². The largest absolute Gasteiger partial charge is 0.465 e. The van der Waals surface area contributed by atoms with Gasteiger partial charge in [-0.2, -0.15) is 0 Å². The fourth-order valence-corrected chi connectivity index (χ4v) is 1.71. The number of amides is 1. The van der Waals surface area contributed by atoms with E-state index in [2.05, 4.69) is 4.98 Å². The van der Waals surface area contributed by atoms with E-state index in [0.29, 0.717) is 25.3 Å². The van der Waals surface area contributed by atoms with Crippen molar-refractivity contribution in [3.63, 3.8) is 0 Å². The molecule has 3 N–H and O–H groups in total. The van der Waals surface area contributed by atoms with Crippen LogP contribution in [0, 0.1) is 0 Å². The zero-order chi connectivity index (χ0) is 11.5. The lowest BCUT2D eigenvalue weighted by Gasteiger charge is -2.23. The SMILES string of the molecule is Nc1cccc(C2=CCN(C(=O)O)CC2)n1. The first-order chi connectivity index (χ1) is 7.66. The highest BCUT2D eigenvalue weighted by atomic mass is 16.4. The van der Waals surface area contributed by atoms with Crippen LogP contribution in [0.15, 0.2) is 24.3 Å². The first-order valence-electron chi connectivity index (χ1n) is 5.06. The summed E-state index contributed by atoms with van der Waals surface area (Å²) in [5.74, 6) is 0.485. The van der Waals surface area contributed by atoms with E-state index in [0.717, 1.165) is 11.3 Å². The van der Waals surface area contributed by atoms with Crippen molar-refractivity contribution in [2.45, 2.75) is 6.42 Å². The molecule has 0 spiro atoms. The summed E-state index contributed by atoms with van der Waals surface area (Å²) in [7, 11) is 0. The highest BCUT2D eigenvalue weighted by Crippen LogP contribution is 2.21. The van der Waals surface area contributed by atoms with E-state index >= 15 is 0 Å². The Hall–Kier alpha value is -2.04. The number of pyridine rings is 1. The first-order valence-corrected chi connectivity index (χ1v) is 5.06. The topological polar surface area (TPSA) is 79.5 Å². The van der Waals surface area contributed by atoms with Crippen molar-refractivity contribution in [2.24, 2.45) is 0 Å². The van der Waals surface area contributed by atoms with Gasteiger partial charge < -0.3 is 15.7 Å². The van der Waals surface area contributed by atoms with Gasteiger partial charge in [-0.05, 0) is 24.1 Å². The summed E-state index contributed by atoms with van der Waals surface area (Å²) in [5.41, 5.74) is 7.50. The van der Waals surface area contributed by atoms with Crippen LogP contribution in [-0.4, -0.2) is 34.2 Å². The maximum Gasteiger partial charge on any atom is 0.407 e. The van der Waals surface area contributed by atoms with Crippen LogP contribution in [0.25, 0.3) is 5.57 Å². The van der Waals surface area contributed by atoms with Crippen LogP contribution in [0.3, 0.4) is 0 Å². The molecule has 0 radical (unpaired) electrons. The van der Waals surface area contributed by atoms with Crippen molar-refractivity contribution in [1.82, 2.24) is 9.88 Å². The lowest BCUT2D eigenvalue weighted by Crippen LogP contribution is -2.33. The number of rotatable bonds is 1. The van der Waals surface area contributed by atoms with Gasteiger partial charge in [0, 0.05) is 13.1 Å². The normalized spacial score (nSPS) is 15.8. The van der Waals surface area contributed by atoms with Crippen molar-refractivity contribution in [1.29, 1.82) is 0 Å². The van der Waals surface area contributed by atoms with E-state index in [9.17, 15) is 4.79 Å². The van der Waals surface area contributed by atoms with Crippen molar-refractivity contribution >= 4 is 17.5 Å². The summed E-state index contributed by atoms with van der Waals surface area (Å²) in [6, 6.07) is 5.47. The second-order valence-corrected chi connectivity index (χ2v) is 3.66. The second-order valence-electron chi connectivity index (χ2n) is 3.66. The molecule has 1 aliphatic heterocycles. The quantitative estimate of drug-likeness (QED) is 0.748. The molecule has 0 aliphatic carbocycles. The Bertz CT molecular complexity index is 443. The lowest BCUT2D eigenvalue weighted by atomic mass is 10.0. The minimum atomic E-state index is -0.879. The van der Waals surface area contributed by atoms with Crippen LogP contribution < -0.4 is 5.73 Å². The number of hydrogen-bond donors (Lipinski definition) is 2. The number of nitrogens with zero attached hydrogens (tertiary/aromatic N) is 2. The van der Waals surface area contributed by atoms with E-state index in [-0.39, 0.29) is 0 Å². The molecule has 0 aromatic carbocycles. The molecule has 0 atom stereocenters. The van der Waals surface area contributed by atoms with Gasteiger partial charge in [-0.1, -0.05) is 12.1 Å². The van der Waals surface area contributed by atoms with Crippen LogP contribution in [0.2, 0.25) is 0 Å². The Morgan fingerprint density at radius 2 is 2.31 bits per heavy atom. The van der Waals surface area contributed by atoms with Crippen LogP contribution in [-0.2, 0) is 0 Å². The van der Waals surface area contributed by atoms with Gasteiger partial charge in [-0.15, -0.1) is 0 Å². The third-order valence-electron chi connectivity index (χ3n) is 2.58. The highest BCUT2D eigenvalue weighted by Gasteiger charge is 2.17. The predicted octanol–water partition coefficient (Wildman–Crippen LogP) is 1.43. The number of carbonyl (C=O) groups is 1. The molecule has 5 nitrogen and oxygen atoms in total. The molecule has 2 rings (SSSR count). The van der Waals surface area contributed by atoms with E-state index in [4.69, 9.17) is 10.8 Å². The van der Waals surface area contributed by atoms with Gasteiger partial charge >= 0.3 is 6.09 Å². The van der Waals surface area contributed by atoms with Crippen molar-refractivity contribution in [2.75, 3.05) is 18.8 Å². The van der Waals surface area contributed by atoms with Crippen LogP contribution in [0.5, 0.6) is 0 Å². The number of aromatic nitrogens is 1. The average Bonchev–Trinajstić information content (AvgIpc) is 2.29. The Morgan fingerprint density at radius 3 is 2.88 bits per heavy atom. The molecule has 16 heavy (non-hydrogen) atoms.